The Balaban J connectivity index is 3.03. The standard InChI is InChI=1S/C12H19ClN2O3S/c1-9-7-11(18-4)12(8-10(9)13)19(16,17)14-5-6-15(2)3/h7-8,14H,5-6H2,1-4H3. The second-order valence-electron chi connectivity index (χ2n) is 4.45. The van der Waals surface area contributed by atoms with Crippen LogP contribution in [0.2, 0.25) is 5.02 Å². The Bertz CT molecular complexity index is 544. The minimum atomic E-state index is -3.62. The molecule has 1 aromatic carbocycles. The Kier molecular flexibility index (Phi) is 5.61. The molecular formula is C12H19ClN2O3S. The maximum Gasteiger partial charge on any atom is 0.244 e. The van der Waals surface area contributed by atoms with Crippen molar-refractivity contribution < 1.29 is 13.2 Å². The first-order valence-electron chi connectivity index (χ1n) is 5.76. The fraction of sp³-hybridized carbons (Fsp3) is 0.500. The molecule has 108 valence electrons. The van der Waals surface area contributed by atoms with Crippen molar-refractivity contribution in [2.45, 2.75) is 11.8 Å². The van der Waals surface area contributed by atoms with E-state index in [0.717, 1.165) is 5.56 Å². The quantitative estimate of drug-likeness (QED) is 0.865. The van der Waals surface area contributed by atoms with E-state index in [1.165, 1.54) is 13.2 Å². The highest BCUT2D eigenvalue weighted by atomic mass is 35.5. The zero-order valence-electron chi connectivity index (χ0n) is 11.5. The molecule has 0 fully saturated rings. The van der Waals surface area contributed by atoms with Gasteiger partial charge in [-0.1, -0.05) is 11.6 Å². The number of halogens is 1. The number of ether oxygens (including phenoxy) is 1. The van der Waals surface area contributed by atoms with Crippen LogP contribution in [0.25, 0.3) is 0 Å². The summed E-state index contributed by atoms with van der Waals surface area (Å²) < 4.78 is 32.0. The highest BCUT2D eigenvalue weighted by Gasteiger charge is 2.20. The normalized spacial score (nSPS) is 11.9. The highest BCUT2D eigenvalue weighted by molar-refractivity contribution is 7.89. The molecule has 0 aliphatic carbocycles. The molecule has 0 aliphatic heterocycles. The van der Waals surface area contributed by atoms with Gasteiger partial charge in [-0.15, -0.1) is 0 Å². The van der Waals surface area contributed by atoms with E-state index in [0.29, 0.717) is 23.9 Å². The maximum atomic E-state index is 12.2. The average molecular weight is 307 g/mol. The van der Waals surface area contributed by atoms with E-state index in [-0.39, 0.29) is 4.90 Å². The highest BCUT2D eigenvalue weighted by Crippen LogP contribution is 2.29. The summed E-state index contributed by atoms with van der Waals surface area (Å²) in [5.74, 6) is 0.291. The predicted molar refractivity (Wildman–Crippen MR) is 76.5 cm³/mol. The molecule has 0 amide bonds. The summed E-state index contributed by atoms with van der Waals surface area (Å²) in [6, 6.07) is 3.02. The summed E-state index contributed by atoms with van der Waals surface area (Å²) in [6.45, 7) is 2.73. The number of likely N-dealkylation sites (N-methyl/N-ethyl adjacent to an activating group) is 1. The summed E-state index contributed by atoms with van der Waals surface area (Å²) in [5, 5.41) is 0.397. The van der Waals surface area contributed by atoms with E-state index in [2.05, 4.69) is 4.72 Å². The van der Waals surface area contributed by atoms with Crippen LogP contribution < -0.4 is 9.46 Å². The first-order chi connectivity index (χ1) is 8.77. The molecular weight excluding hydrogens is 288 g/mol. The summed E-state index contributed by atoms with van der Waals surface area (Å²) >= 11 is 5.98. The molecule has 0 heterocycles. The van der Waals surface area contributed by atoms with Gasteiger partial charge in [-0.05, 0) is 38.7 Å². The average Bonchev–Trinajstić information content (AvgIpc) is 2.31. The van der Waals surface area contributed by atoms with Crippen LogP contribution in [0.5, 0.6) is 5.75 Å². The largest absolute Gasteiger partial charge is 0.495 e. The van der Waals surface area contributed by atoms with Crippen molar-refractivity contribution in [3.8, 4) is 5.75 Å². The number of hydrogen-bond donors (Lipinski definition) is 1. The summed E-state index contributed by atoms with van der Waals surface area (Å²) in [4.78, 5) is 1.95. The minimum absolute atomic E-state index is 0.0596. The van der Waals surface area contributed by atoms with E-state index >= 15 is 0 Å². The summed E-state index contributed by atoms with van der Waals surface area (Å²) in [7, 11) is 1.55. The van der Waals surface area contributed by atoms with E-state index in [4.69, 9.17) is 16.3 Å². The van der Waals surface area contributed by atoms with E-state index in [1.54, 1.807) is 13.0 Å². The number of nitrogens with zero attached hydrogens (tertiary/aromatic N) is 1. The first kappa shape index (κ1) is 16.2. The molecule has 1 N–H and O–H groups in total. The molecule has 0 radical (unpaired) electrons. The Labute approximate surface area is 119 Å². The van der Waals surface area contributed by atoms with Crippen LogP contribution in [-0.2, 0) is 10.0 Å². The van der Waals surface area contributed by atoms with E-state index < -0.39 is 10.0 Å². The van der Waals surface area contributed by atoms with Crippen molar-refractivity contribution in [1.82, 2.24) is 9.62 Å². The molecule has 0 atom stereocenters. The van der Waals surface area contributed by atoms with Crippen LogP contribution in [0.15, 0.2) is 17.0 Å². The molecule has 1 aromatic rings. The van der Waals surface area contributed by atoms with Crippen molar-refractivity contribution >= 4 is 21.6 Å². The number of nitrogens with one attached hydrogen (secondary N) is 1. The van der Waals surface area contributed by atoms with Crippen molar-refractivity contribution in [3.63, 3.8) is 0 Å². The summed E-state index contributed by atoms with van der Waals surface area (Å²) in [6.07, 6.45) is 0. The third kappa shape index (κ3) is 4.35. The predicted octanol–water partition coefficient (Wildman–Crippen LogP) is 1.50. The maximum absolute atomic E-state index is 12.2. The van der Waals surface area contributed by atoms with Crippen LogP contribution in [0.4, 0.5) is 0 Å². The number of methoxy groups -OCH3 is 1. The van der Waals surface area contributed by atoms with Gasteiger partial charge in [0.25, 0.3) is 0 Å². The second kappa shape index (κ2) is 6.56. The first-order valence-corrected chi connectivity index (χ1v) is 7.62. The van der Waals surface area contributed by atoms with Gasteiger partial charge in [0.2, 0.25) is 10.0 Å². The lowest BCUT2D eigenvalue weighted by molar-refractivity contribution is 0.400. The Morgan fingerprint density at radius 3 is 2.53 bits per heavy atom. The molecule has 0 bridgehead atoms. The minimum Gasteiger partial charge on any atom is -0.495 e. The monoisotopic (exact) mass is 306 g/mol. The topological polar surface area (TPSA) is 58.6 Å². The lowest BCUT2D eigenvalue weighted by Crippen LogP contribution is -2.31. The van der Waals surface area contributed by atoms with Gasteiger partial charge in [-0.3, -0.25) is 0 Å². The molecule has 7 heteroatoms. The third-order valence-electron chi connectivity index (χ3n) is 2.59. The molecule has 0 unspecified atom stereocenters. The van der Waals surface area contributed by atoms with Crippen molar-refractivity contribution in [2.75, 3.05) is 34.3 Å². The van der Waals surface area contributed by atoms with Crippen LogP contribution >= 0.6 is 11.6 Å². The number of rotatable bonds is 6. The fourth-order valence-corrected chi connectivity index (χ4v) is 2.91. The number of sulfonamides is 1. The SMILES string of the molecule is COc1cc(C)c(Cl)cc1S(=O)(=O)NCCN(C)C. The molecule has 0 aliphatic rings. The van der Waals surface area contributed by atoms with Crippen LogP contribution in [0.1, 0.15) is 5.56 Å². The molecule has 0 spiro atoms. The molecule has 0 aromatic heterocycles. The lowest BCUT2D eigenvalue weighted by atomic mass is 10.2. The zero-order chi connectivity index (χ0) is 14.6. The lowest BCUT2D eigenvalue weighted by Gasteiger charge is -2.14. The van der Waals surface area contributed by atoms with Gasteiger partial charge < -0.3 is 9.64 Å². The van der Waals surface area contributed by atoms with Gasteiger partial charge in [-0.2, -0.15) is 0 Å². The van der Waals surface area contributed by atoms with Gasteiger partial charge in [0.1, 0.15) is 10.6 Å². The van der Waals surface area contributed by atoms with Gasteiger partial charge >= 0.3 is 0 Å². The number of hydrogen-bond acceptors (Lipinski definition) is 4. The molecule has 5 nitrogen and oxygen atoms in total. The van der Waals surface area contributed by atoms with E-state index in [9.17, 15) is 8.42 Å². The van der Waals surface area contributed by atoms with Gasteiger partial charge in [0.05, 0.1) is 7.11 Å². The van der Waals surface area contributed by atoms with Crippen LogP contribution in [0.3, 0.4) is 0 Å². The van der Waals surface area contributed by atoms with Gasteiger partial charge in [0.15, 0.2) is 0 Å². The fourth-order valence-electron chi connectivity index (χ4n) is 1.49. The smallest absolute Gasteiger partial charge is 0.244 e. The summed E-state index contributed by atoms with van der Waals surface area (Å²) in [5.41, 5.74) is 0.769. The van der Waals surface area contributed by atoms with Crippen molar-refractivity contribution in [3.05, 3.63) is 22.7 Å². The number of benzene rings is 1. The second-order valence-corrected chi connectivity index (χ2v) is 6.60. The van der Waals surface area contributed by atoms with Crippen LogP contribution in [0, 0.1) is 6.92 Å². The van der Waals surface area contributed by atoms with Crippen molar-refractivity contribution in [2.24, 2.45) is 0 Å². The van der Waals surface area contributed by atoms with Gasteiger partial charge in [-0.25, -0.2) is 13.1 Å². The molecule has 0 saturated heterocycles. The Morgan fingerprint density at radius 2 is 2.00 bits per heavy atom. The molecule has 0 saturated carbocycles. The van der Waals surface area contributed by atoms with E-state index in [1.807, 2.05) is 19.0 Å². The molecule has 1 rings (SSSR count). The van der Waals surface area contributed by atoms with Crippen molar-refractivity contribution in [1.29, 1.82) is 0 Å². The zero-order valence-corrected chi connectivity index (χ0v) is 13.1. The third-order valence-corrected chi connectivity index (χ3v) is 4.47. The Morgan fingerprint density at radius 1 is 1.37 bits per heavy atom. The Hall–Kier alpha value is -0.820. The number of aryl methyl sites for hydroxylation is 1. The van der Waals surface area contributed by atoms with Crippen LogP contribution in [-0.4, -0.2) is 47.6 Å². The molecule has 19 heavy (non-hydrogen) atoms. The van der Waals surface area contributed by atoms with Gasteiger partial charge in [0, 0.05) is 18.1 Å².